The summed E-state index contributed by atoms with van der Waals surface area (Å²) in [5.74, 6) is 0.449. The molecule has 0 aliphatic carbocycles. The van der Waals surface area contributed by atoms with Gasteiger partial charge < -0.3 is 20.7 Å². The minimum Gasteiger partial charge on any atom is -0.495 e. The molecule has 0 atom stereocenters. The van der Waals surface area contributed by atoms with Crippen molar-refractivity contribution >= 4 is 34.9 Å². The number of ether oxygens (including phenoxy) is 1. The van der Waals surface area contributed by atoms with E-state index in [1.165, 1.54) is 0 Å². The van der Waals surface area contributed by atoms with Gasteiger partial charge in [0.25, 0.3) is 0 Å². The molecule has 0 saturated heterocycles. The van der Waals surface area contributed by atoms with E-state index in [4.69, 9.17) is 16.3 Å². The van der Waals surface area contributed by atoms with Gasteiger partial charge in [0.1, 0.15) is 5.75 Å². The number of anilines is 2. The lowest BCUT2D eigenvalue weighted by Crippen LogP contribution is -2.34. The molecule has 0 saturated carbocycles. The zero-order valence-corrected chi connectivity index (χ0v) is 16.4. The Labute approximate surface area is 164 Å². The first kappa shape index (κ1) is 20.6. The molecule has 144 valence electrons. The maximum atomic E-state index is 12.3. The van der Waals surface area contributed by atoms with Crippen molar-refractivity contribution in [1.82, 2.24) is 5.32 Å². The Morgan fingerprint density at radius 2 is 1.74 bits per heavy atom. The molecule has 3 N–H and O–H groups in total. The van der Waals surface area contributed by atoms with Crippen molar-refractivity contribution in [3.8, 4) is 5.75 Å². The maximum Gasteiger partial charge on any atom is 0.319 e. The fourth-order valence-corrected chi connectivity index (χ4v) is 2.74. The second-order valence-corrected chi connectivity index (χ2v) is 6.72. The first-order valence-electron chi connectivity index (χ1n) is 8.68. The molecule has 0 spiro atoms. The smallest absolute Gasteiger partial charge is 0.319 e. The number of para-hydroxylation sites is 2. The van der Waals surface area contributed by atoms with Crippen LogP contribution in [0.2, 0.25) is 5.02 Å². The van der Waals surface area contributed by atoms with Crippen molar-refractivity contribution in [1.29, 1.82) is 0 Å². The number of urea groups is 1. The summed E-state index contributed by atoms with van der Waals surface area (Å²) in [5.41, 5.74) is 2.03. The molecule has 2 rings (SSSR count). The van der Waals surface area contributed by atoms with E-state index in [1.54, 1.807) is 43.5 Å². The molecule has 6 nitrogen and oxygen atoms in total. The Morgan fingerprint density at radius 1 is 1.07 bits per heavy atom. The number of aryl methyl sites for hydroxylation is 1. The van der Waals surface area contributed by atoms with Crippen LogP contribution in [0.1, 0.15) is 25.8 Å². The molecule has 2 aromatic carbocycles. The first-order chi connectivity index (χ1) is 12.9. The molecule has 0 aliphatic heterocycles. The maximum absolute atomic E-state index is 12.3. The summed E-state index contributed by atoms with van der Waals surface area (Å²) in [5, 5.41) is 8.85. The highest BCUT2D eigenvalue weighted by atomic mass is 35.5. The van der Waals surface area contributed by atoms with Crippen molar-refractivity contribution in [2.45, 2.75) is 32.7 Å². The first-order valence-corrected chi connectivity index (χ1v) is 9.05. The number of hydrogen-bond acceptors (Lipinski definition) is 3. The zero-order valence-electron chi connectivity index (χ0n) is 15.6. The number of rotatable bonds is 7. The third-order valence-electron chi connectivity index (χ3n) is 3.73. The highest BCUT2D eigenvalue weighted by Crippen LogP contribution is 2.26. The minimum absolute atomic E-state index is 0.0167. The van der Waals surface area contributed by atoms with E-state index in [9.17, 15) is 9.59 Å². The largest absolute Gasteiger partial charge is 0.495 e. The SMILES string of the molecule is COc1ccc(CCC(=O)Nc2ccccc2NC(=O)NC(C)C)cc1Cl. The average Bonchev–Trinajstić information content (AvgIpc) is 2.61. The molecule has 0 aliphatic rings. The van der Waals surface area contributed by atoms with Gasteiger partial charge in [-0.25, -0.2) is 4.79 Å². The second kappa shape index (κ2) is 9.83. The predicted molar refractivity (Wildman–Crippen MR) is 109 cm³/mol. The van der Waals surface area contributed by atoms with Crippen molar-refractivity contribution in [2.24, 2.45) is 0 Å². The number of hydrogen-bond donors (Lipinski definition) is 3. The van der Waals surface area contributed by atoms with E-state index < -0.39 is 0 Å². The lowest BCUT2D eigenvalue weighted by molar-refractivity contribution is -0.116. The van der Waals surface area contributed by atoms with Gasteiger partial charge in [-0.3, -0.25) is 4.79 Å². The molecule has 0 heterocycles. The van der Waals surface area contributed by atoms with Crippen LogP contribution in [0.3, 0.4) is 0 Å². The average molecular weight is 390 g/mol. The minimum atomic E-state index is -0.320. The molecule has 27 heavy (non-hydrogen) atoms. The summed E-state index contributed by atoms with van der Waals surface area (Å²) in [4.78, 5) is 24.2. The molecule has 0 bridgehead atoms. The van der Waals surface area contributed by atoms with Crippen LogP contribution in [0.15, 0.2) is 42.5 Å². The van der Waals surface area contributed by atoms with Gasteiger partial charge in [0.15, 0.2) is 0 Å². The number of nitrogens with one attached hydrogen (secondary N) is 3. The molecule has 3 amide bonds. The Balaban J connectivity index is 1.95. The van der Waals surface area contributed by atoms with Crippen molar-refractivity contribution in [3.63, 3.8) is 0 Å². The van der Waals surface area contributed by atoms with Crippen LogP contribution in [0.4, 0.5) is 16.2 Å². The number of halogens is 1. The fraction of sp³-hybridized carbons (Fsp3) is 0.300. The molecule has 2 aromatic rings. The Kier molecular flexibility index (Phi) is 7.49. The molecule has 7 heteroatoms. The lowest BCUT2D eigenvalue weighted by Gasteiger charge is -2.14. The van der Waals surface area contributed by atoms with Gasteiger partial charge >= 0.3 is 6.03 Å². The molecular formula is C20H24ClN3O3. The van der Waals surface area contributed by atoms with Gasteiger partial charge in [-0.05, 0) is 50.1 Å². The molecule has 0 radical (unpaired) electrons. The van der Waals surface area contributed by atoms with Crippen LogP contribution in [0, 0.1) is 0 Å². The summed E-state index contributed by atoms with van der Waals surface area (Å²) in [6, 6.07) is 12.2. The fourth-order valence-electron chi connectivity index (χ4n) is 2.46. The number of benzene rings is 2. The van der Waals surface area contributed by atoms with Gasteiger partial charge in [0.2, 0.25) is 5.91 Å². The molecular weight excluding hydrogens is 366 g/mol. The van der Waals surface area contributed by atoms with E-state index in [-0.39, 0.29) is 24.4 Å². The van der Waals surface area contributed by atoms with Crippen LogP contribution in [0.5, 0.6) is 5.75 Å². The van der Waals surface area contributed by atoms with E-state index in [0.29, 0.717) is 28.6 Å². The van der Waals surface area contributed by atoms with Crippen molar-refractivity contribution in [2.75, 3.05) is 17.7 Å². The third kappa shape index (κ3) is 6.49. The quantitative estimate of drug-likeness (QED) is 0.654. The normalized spacial score (nSPS) is 10.4. The number of amides is 3. The van der Waals surface area contributed by atoms with Crippen molar-refractivity contribution < 1.29 is 14.3 Å². The molecule has 0 aromatic heterocycles. The summed E-state index contributed by atoms with van der Waals surface area (Å²) in [6.07, 6.45) is 0.828. The summed E-state index contributed by atoms with van der Waals surface area (Å²) in [7, 11) is 1.56. The van der Waals surface area contributed by atoms with Gasteiger partial charge in [-0.2, -0.15) is 0 Å². The zero-order chi connectivity index (χ0) is 19.8. The second-order valence-electron chi connectivity index (χ2n) is 6.32. The van der Waals surface area contributed by atoms with E-state index in [1.807, 2.05) is 19.9 Å². The van der Waals surface area contributed by atoms with Gasteiger partial charge in [-0.1, -0.05) is 29.8 Å². The Bertz CT molecular complexity index is 809. The topological polar surface area (TPSA) is 79.5 Å². The highest BCUT2D eigenvalue weighted by Gasteiger charge is 2.10. The van der Waals surface area contributed by atoms with Gasteiger partial charge in [0.05, 0.1) is 23.5 Å². The van der Waals surface area contributed by atoms with Gasteiger partial charge in [-0.15, -0.1) is 0 Å². The van der Waals surface area contributed by atoms with Crippen LogP contribution in [-0.2, 0) is 11.2 Å². The molecule has 0 fully saturated rings. The van der Waals surface area contributed by atoms with Crippen LogP contribution in [0.25, 0.3) is 0 Å². The third-order valence-corrected chi connectivity index (χ3v) is 4.02. The van der Waals surface area contributed by atoms with Crippen molar-refractivity contribution in [3.05, 3.63) is 53.1 Å². The highest BCUT2D eigenvalue weighted by molar-refractivity contribution is 6.32. The van der Waals surface area contributed by atoms with Crippen LogP contribution in [-0.4, -0.2) is 25.1 Å². The van der Waals surface area contributed by atoms with Gasteiger partial charge in [0, 0.05) is 12.5 Å². The monoisotopic (exact) mass is 389 g/mol. The van der Waals surface area contributed by atoms with E-state index >= 15 is 0 Å². The van der Waals surface area contributed by atoms with Crippen LogP contribution >= 0.6 is 11.6 Å². The van der Waals surface area contributed by atoms with E-state index in [0.717, 1.165) is 5.56 Å². The Hall–Kier alpha value is -2.73. The summed E-state index contributed by atoms with van der Waals surface area (Å²) >= 11 is 6.11. The van der Waals surface area contributed by atoms with Crippen LogP contribution < -0.4 is 20.7 Å². The number of carbonyl (C=O) groups is 2. The summed E-state index contributed by atoms with van der Waals surface area (Å²) in [6.45, 7) is 3.75. The Morgan fingerprint density at radius 3 is 2.33 bits per heavy atom. The van der Waals surface area contributed by atoms with E-state index in [2.05, 4.69) is 16.0 Å². The standard InChI is InChI=1S/C20H24ClN3O3/c1-13(2)22-20(26)24-17-7-5-4-6-16(17)23-19(25)11-9-14-8-10-18(27-3)15(21)12-14/h4-8,10,12-13H,9,11H2,1-3H3,(H,23,25)(H2,22,24,26). The number of carbonyl (C=O) groups excluding carboxylic acids is 2. The molecule has 0 unspecified atom stereocenters. The lowest BCUT2D eigenvalue weighted by atomic mass is 10.1. The summed E-state index contributed by atoms with van der Waals surface area (Å²) < 4.78 is 5.12. The predicted octanol–water partition coefficient (Wildman–Crippen LogP) is 4.45. The number of methoxy groups -OCH3 is 1.